The molecule has 0 aliphatic carbocycles. The van der Waals surface area contributed by atoms with Crippen LogP contribution in [0.5, 0.6) is 5.75 Å². The summed E-state index contributed by atoms with van der Waals surface area (Å²) in [6.45, 7) is 1.24. The van der Waals surface area contributed by atoms with Gasteiger partial charge in [0.1, 0.15) is 5.75 Å². The number of hydrogen-bond acceptors (Lipinski definition) is 2. The van der Waals surface area contributed by atoms with Crippen LogP contribution in [0.3, 0.4) is 0 Å². The van der Waals surface area contributed by atoms with E-state index >= 15 is 0 Å². The summed E-state index contributed by atoms with van der Waals surface area (Å²) in [6.07, 6.45) is 0. The molecule has 13 heavy (non-hydrogen) atoms. The monoisotopic (exact) mass is 196 g/mol. The molecular weight excluding hydrogens is 182 g/mol. The molecule has 0 radical (unpaired) electrons. The van der Waals surface area contributed by atoms with Crippen molar-refractivity contribution in [2.75, 3.05) is 19.4 Å². The lowest BCUT2D eigenvalue weighted by atomic mass is 10.2. The highest BCUT2D eigenvalue weighted by Gasteiger charge is 2.20. The van der Waals surface area contributed by atoms with Crippen molar-refractivity contribution in [3.8, 4) is 5.75 Å². The Balaban J connectivity index is 2.12. The Morgan fingerprint density at radius 2 is 2.15 bits per heavy atom. The van der Waals surface area contributed by atoms with Crippen LogP contribution >= 0.6 is 11.8 Å². The van der Waals surface area contributed by atoms with Gasteiger partial charge in [0.15, 0.2) is 5.37 Å². The number of benzene rings is 1. The van der Waals surface area contributed by atoms with Gasteiger partial charge in [0.25, 0.3) is 0 Å². The van der Waals surface area contributed by atoms with E-state index in [1.807, 2.05) is 23.9 Å². The Kier molecular flexibility index (Phi) is 2.76. The number of nitrogens with two attached hydrogens (primary N) is 1. The fourth-order valence-electron chi connectivity index (χ4n) is 1.51. The van der Waals surface area contributed by atoms with Gasteiger partial charge in [-0.3, -0.25) is 0 Å². The van der Waals surface area contributed by atoms with E-state index < -0.39 is 0 Å². The Hall–Kier alpha value is -0.670. The molecule has 2 nitrogen and oxygen atoms in total. The summed E-state index contributed by atoms with van der Waals surface area (Å²) in [7, 11) is 1.70. The van der Waals surface area contributed by atoms with Crippen molar-refractivity contribution in [1.29, 1.82) is 0 Å². The number of quaternary nitrogens is 1. The molecule has 1 aromatic rings. The normalized spacial score (nSPS) is 21.8. The highest BCUT2D eigenvalue weighted by atomic mass is 32.2. The van der Waals surface area contributed by atoms with Gasteiger partial charge in [0, 0.05) is 11.3 Å². The van der Waals surface area contributed by atoms with E-state index in [2.05, 4.69) is 17.4 Å². The molecule has 70 valence electrons. The largest absolute Gasteiger partial charge is 0.497 e. The number of methoxy groups -OCH3 is 1. The van der Waals surface area contributed by atoms with Gasteiger partial charge in [-0.15, -0.1) is 0 Å². The van der Waals surface area contributed by atoms with E-state index in [0.717, 1.165) is 5.75 Å². The van der Waals surface area contributed by atoms with Gasteiger partial charge in [0.2, 0.25) is 0 Å². The molecule has 2 N–H and O–H groups in total. The van der Waals surface area contributed by atoms with Crippen molar-refractivity contribution in [1.82, 2.24) is 0 Å². The van der Waals surface area contributed by atoms with Crippen LogP contribution in [0, 0.1) is 0 Å². The van der Waals surface area contributed by atoms with E-state index in [1.165, 1.54) is 17.9 Å². The molecule has 1 aliphatic rings. The first-order chi connectivity index (χ1) is 6.40. The molecule has 1 aromatic carbocycles. The molecule has 2 rings (SSSR count). The summed E-state index contributed by atoms with van der Waals surface area (Å²) in [5.41, 5.74) is 1.39. The summed E-state index contributed by atoms with van der Waals surface area (Å²) < 4.78 is 5.11. The van der Waals surface area contributed by atoms with Crippen molar-refractivity contribution in [2.45, 2.75) is 5.37 Å². The summed E-state index contributed by atoms with van der Waals surface area (Å²) in [6, 6.07) is 8.36. The minimum Gasteiger partial charge on any atom is -0.497 e. The Bertz CT molecular complexity index is 267. The van der Waals surface area contributed by atoms with Gasteiger partial charge < -0.3 is 10.1 Å². The van der Waals surface area contributed by atoms with Gasteiger partial charge in [0.05, 0.1) is 13.7 Å². The van der Waals surface area contributed by atoms with Crippen LogP contribution in [-0.4, -0.2) is 19.4 Å². The predicted molar refractivity (Wildman–Crippen MR) is 55.0 cm³/mol. The first-order valence-corrected chi connectivity index (χ1v) is 5.54. The highest BCUT2D eigenvalue weighted by molar-refractivity contribution is 7.99. The summed E-state index contributed by atoms with van der Waals surface area (Å²) in [4.78, 5) is 0. The van der Waals surface area contributed by atoms with Gasteiger partial charge >= 0.3 is 0 Å². The van der Waals surface area contributed by atoms with Crippen molar-refractivity contribution >= 4 is 11.8 Å². The van der Waals surface area contributed by atoms with E-state index in [0.29, 0.717) is 5.37 Å². The molecule has 0 aromatic heterocycles. The van der Waals surface area contributed by atoms with Crippen LogP contribution in [-0.2, 0) is 0 Å². The third kappa shape index (κ3) is 1.98. The zero-order valence-electron chi connectivity index (χ0n) is 7.69. The summed E-state index contributed by atoms with van der Waals surface area (Å²) in [5.74, 6) is 2.20. The lowest BCUT2D eigenvalue weighted by Gasteiger charge is -2.06. The number of thioether (sulfide) groups is 1. The Morgan fingerprint density at radius 1 is 1.38 bits per heavy atom. The van der Waals surface area contributed by atoms with E-state index in [4.69, 9.17) is 4.74 Å². The average molecular weight is 196 g/mol. The van der Waals surface area contributed by atoms with Crippen LogP contribution in [0.4, 0.5) is 0 Å². The van der Waals surface area contributed by atoms with Crippen LogP contribution in [0.15, 0.2) is 24.3 Å². The molecule has 1 unspecified atom stereocenters. The Labute approximate surface area is 82.7 Å². The molecule has 1 saturated heterocycles. The van der Waals surface area contributed by atoms with Gasteiger partial charge in [-0.25, -0.2) is 0 Å². The maximum atomic E-state index is 5.11. The Morgan fingerprint density at radius 3 is 2.69 bits per heavy atom. The van der Waals surface area contributed by atoms with Crippen molar-refractivity contribution in [2.24, 2.45) is 0 Å². The lowest BCUT2D eigenvalue weighted by molar-refractivity contribution is -0.663. The molecule has 1 heterocycles. The third-order valence-electron chi connectivity index (χ3n) is 2.24. The molecule has 0 amide bonds. The first-order valence-electron chi connectivity index (χ1n) is 4.49. The van der Waals surface area contributed by atoms with Crippen LogP contribution in [0.25, 0.3) is 0 Å². The second-order valence-corrected chi connectivity index (χ2v) is 4.34. The molecule has 0 saturated carbocycles. The van der Waals surface area contributed by atoms with Gasteiger partial charge in [-0.1, -0.05) is 11.8 Å². The fraction of sp³-hybridized carbons (Fsp3) is 0.400. The topological polar surface area (TPSA) is 25.8 Å². The smallest absolute Gasteiger partial charge is 0.159 e. The molecule has 1 atom stereocenters. The zero-order valence-corrected chi connectivity index (χ0v) is 8.51. The summed E-state index contributed by atoms with van der Waals surface area (Å²) >= 11 is 2.01. The second kappa shape index (κ2) is 4.03. The third-order valence-corrected chi connectivity index (χ3v) is 3.54. The number of ether oxygens (including phenoxy) is 1. The number of rotatable bonds is 2. The SMILES string of the molecule is COc1ccc(C2[NH2+]CCS2)cc1. The fourth-order valence-corrected chi connectivity index (χ4v) is 2.66. The maximum Gasteiger partial charge on any atom is 0.159 e. The van der Waals surface area contributed by atoms with Crippen LogP contribution < -0.4 is 10.1 Å². The quantitative estimate of drug-likeness (QED) is 0.763. The van der Waals surface area contributed by atoms with Gasteiger partial charge in [-0.2, -0.15) is 0 Å². The standard InChI is InChI=1S/C10H13NOS/c1-12-9-4-2-8(3-5-9)10-11-6-7-13-10/h2-5,10-11H,6-7H2,1H3/p+1. The zero-order chi connectivity index (χ0) is 9.10. The van der Waals surface area contributed by atoms with Crippen LogP contribution in [0.2, 0.25) is 0 Å². The molecule has 1 fully saturated rings. The predicted octanol–water partition coefficient (Wildman–Crippen LogP) is 1.00. The van der Waals surface area contributed by atoms with E-state index in [1.54, 1.807) is 7.11 Å². The van der Waals surface area contributed by atoms with Crippen molar-refractivity contribution < 1.29 is 10.1 Å². The lowest BCUT2D eigenvalue weighted by Crippen LogP contribution is -2.81. The molecule has 0 bridgehead atoms. The van der Waals surface area contributed by atoms with Crippen molar-refractivity contribution in [3.63, 3.8) is 0 Å². The minimum atomic E-state index is 0.603. The summed E-state index contributed by atoms with van der Waals surface area (Å²) in [5, 5.41) is 2.98. The van der Waals surface area contributed by atoms with Gasteiger partial charge in [-0.05, 0) is 24.3 Å². The molecular formula is C10H14NOS+. The van der Waals surface area contributed by atoms with Crippen LogP contribution in [0.1, 0.15) is 10.9 Å². The van der Waals surface area contributed by atoms with E-state index in [-0.39, 0.29) is 0 Å². The first kappa shape index (κ1) is 8.91. The minimum absolute atomic E-state index is 0.603. The highest BCUT2D eigenvalue weighted by Crippen LogP contribution is 2.25. The second-order valence-electron chi connectivity index (χ2n) is 3.09. The van der Waals surface area contributed by atoms with Crippen molar-refractivity contribution in [3.05, 3.63) is 29.8 Å². The maximum absolute atomic E-state index is 5.11. The molecule has 0 spiro atoms. The average Bonchev–Trinajstić information content (AvgIpc) is 2.71. The van der Waals surface area contributed by atoms with E-state index in [9.17, 15) is 0 Å². The number of hydrogen-bond donors (Lipinski definition) is 1. The molecule has 3 heteroatoms. The molecule has 1 aliphatic heterocycles.